The van der Waals surface area contributed by atoms with Crippen LogP contribution in [0.3, 0.4) is 0 Å². The number of allylic oxidation sites excluding steroid dienone is 1. The number of aryl methyl sites for hydroxylation is 2. The molecule has 1 fully saturated rings. The first-order valence-corrected chi connectivity index (χ1v) is 8.43. The maximum Gasteiger partial charge on any atom is 0.0628 e. The number of nitrogens with zero attached hydrogens (tertiary/aromatic N) is 2. The van der Waals surface area contributed by atoms with Crippen molar-refractivity contribution in [3.63, 3.8) is 0 Å². The molecule has 1 aliphatic rings. The summed E-state index contributed by atoms with van der Waals surface area (Å²) >= 11 is 6.97. The van der Waals surface area contributed by atoms with Crippen molar-refractivity contribution in [1.29, 1.82) is 0 Å². The highest BCUT2D eigenvalue weighted by atomic mass is 79.9. The molecule has 106 valence electrons. The van der Waals surface area contributed by atoms with E-state index in [2.05, 4.69) is 82.3 Å². The molecule has 0 spiro atoms. The summed E-state index contributed by atoms with van der Waals surface area (Å²) in [5.41, 5.74) is 4.37. The molecule has 1 heterocycles. The van der Waals surface area contributed by atoms with E-state index in [-0.39, 0.29) is 0 Å². The second-order valence-corrected chi connectivity index (χ2v) is 8.85. The minimum atomic E-state index is 0.389. The average Bonchev–Trinajstić information content (AvgIpc) is 2.67. The molecule has 0 amide bonds. The molecule has 1 aromatic heterocycles. The van der Waals surface area contributed by atoms with Crippen molar-refractivity contribution in [2.24, 2.45) is 17.3 Å². The van der Waals surface area contributed by atoms with Crippen molar-refractivity contribution in [3.05, 3.63) is 26.4 Å². The van der Waals surface area contributed by atoms with Crippen molar-refractivity contribution in [2.75, 3.05) is 0 Å². The first-order valence-electron chi connectivity index (χ1n) is 6.84. The molecule has 2 atom stereocenters. The van der Waals surface area contributed by atoms with Gasteiger partial charge in [0.1, 0.15) is 0 Å². The average molecular weight is 390 g/mol. The van der Waals surface area contributed by atoms with E-state index in [0.29, 0.717) is 17.3 Å². The molecule has 2 rings (SSSR count). The van der Waals surface area contributed by atoms with Gasteiger partial charge in [-0.1, -0.05) is 19.9 Å². The highest BCUT2D eigenvalue weighted by molar-refractivity contribution is 9.28. The standard InChI is InChI=1S/C15H22Br2N2/c1-6-19-10(3)11(9(2)18-19)7-12-13(8-14(16)17)15(12,4)5/h8,12-13H,6-7H2,1-5H3/t12-,13+/m1/s1. The lowest BCUT2D eigenvalue weighted by Crippen LogP contribution is -2.01. The number of halogens is 2. The van der Waals surface area contributed by atoms with Gasteiger partial charge in [-0.3, -0.25) is 4.68 Å². The Hall–Kier alpha value is -0.0900. The summed E-state index contributed by atoms with van der Waals surface area (Å²) in [7, 11) is 0. The summed E-state index contributed by atoms with van der Waals surface area (Å²) in [4.78, 5) is 0. The van der Waals surface area contributed by atoms with Gasteiger partial charge in [-0.2, -0.15) is 5.10 Å². The lowest BCUT2D eigenvalue weighted by molar-refractivity contribution is 0.547. The van der Waals surface area contributed by atoms with Gasteiger partial charge in [-0.25, -0.2) is 0 Å². The molecule has 1 saturated carbocycles. The SMILES string of the molecule is CCn1nc(C)c(C[C@@H]2[C@H](C=C(Br)Br)C2(C)C)c1C. The second-order valence-electron chi connectivity index (χ2n) is 6.08. The topological polar surface area (TPSA) is 17.8 Å². The van der Waals surface area contributed by atoms with Gasteiger partial charge in [-0.05, 0) is 81.9 Å². The zero-order valence-electron chi connectivity index (χ0n) is 12.3. The Morgan fingerprint density at radius 2 is 2.00 bits per heavy atom. The number of rotatable bonds is 4. The predicted molar refractivity (Wildman–Crippen MR) is 87.8 cm³/mol. The quantitative estimate of drug-likeness (QED) is 0.710. The Morgan fingerprint density at radius 3 is 2.47 bits per heavy atom. The van der Waals surface area contributed by atoms with E-state index in [0.717, 1.165) is 16.4 Å². The first-order chi connectivity index (χ1) is 8.78. The van der Waals surface area contributed by atoms with Crippen molar-refractivity contribution in [2.45, 2.75) is 47.6 Å². The smallest absolute Gasteiger partial charge is 0.0628 e. The van der Waals surface area contributed by atoms with Crippen LogP contribution in [0.2, 0.25) is 0 Å². The third-order valence-electron chi connectivity index (χ3n) is 4.70. The lowest BCUT2D eigenvalue weighted by atomic mass is 10.0. The Kier molecular flexibility index (Phi) is 4.32. The minimum absolute atomic E-state index is 0.389. The minimum Gasteiger partial charge on any atom is -0.270 e. The summed E-state index contributed by atoms with van der Waals surface area (Å²) in [6, 6.07) is 0. The summed E-state index contributed by atoms with van der Waals surface area (Å²) < 4.78 is 3.18. The maximum absolute atomic E-state index is 4.63. The van der Waals surface area contributed by atoms with E-state index >= 15 is 0 Å². The monoisotopic (exact) mass is 388 g/mol. The molecule has 0 bridgehead atoms. The molecule has 0 saturated heterocycles. The van der Waals surface area contributed by atoms with Gasteiger partial charge in [-0.15, -0.1) is 0 Å². The second kappa shape index (κ2) is 5.36. The predicted octanol–water partition coefficient (Wildman–Crippen LogP) is 4.97. The van der Waals surface area contributed by atoms with Gasteiger partial charge in [0.15, 0.2) is 0 Å². The molecule has 0 unspecified atom stereocenters. The van der Waals surface area contributed by atoms with Crippen LogP contribution in [0.25, 0.3) is 0 Å². The number of hydrogen-bond donors (Lipinski definition) is 0. The number of hydrogen-bond acceptors (Lipinski definition) is 1. The van der Waals surface area contributed by atoms with Crippen LogP contribution in [-0.4, -0.2) is 9.78 Å². The normalized spacial score (nSPS) is 24.4. The summed E-state index contributed by atoms with van der Waals surface area (Å²) in [5.74, 6) is 1.36. The van der Waals surface area contributed by atoms with E-state index in [1.807, 2.05) is 0 Å². The fraction of sp³-hybridized carbons (Fsp3) is 0.667. The van der Waals surface area contributed by atoms with Crippen molar-refractivity contribution in [1.82, 2.24) is 9.78 Å². The van der Waals surface area contributed by atoms with Crippen LogP contribution in [0.4, 0.5) is 0 Å². The van der Waals surface area contributed by atoms with E-state index < -0.39 is 0 Å². The van der Waals surface area contributed by atoms with Crippen LogP contribution in [0.1, 0.15) is 37.7 Å². The Balaban J connectivity index is 2.19. The van der Waals surface area contributed by atoms with Crippen molar-refractivity contribution in [3.8, 4) is 0 Å². The maximum atomic E-state index is 4.63. The van der Waals surface area contributed by atoms with Gasteiger partial charge in [0, 0.05) is 12.2 Å². The Labute approximate surface area is 132 Å². The van der Waals surface area contributed by atoms with Gasteiger partial charge in [0.25, 0.3) is 0 Å². The third-order valence-corrected chi connectivity index (χ3v) is 5.23. The Bertz CT molecular complexity index is 510. The molecular formula is C15H22Br2N2. The van der Waals surface area contributed by atoms with Gasteiger partial charge >= 0.3 is 0 Å². The largest absolute Gasteiger partial charge is 0.270 e. The Morgan fingerprint density at radius 1 is 1.37 bits per heavy atom. The van der Waals surface area contributed by atoms with Gasteiger partial charge in [0.2, 0.25) is 0 Å². The number of aromatic nitrogens is 2. The molecule has 19 heavy (non-hydrogen) atoms. The van der Waals surface area contributed by atoms with Crippen LogP contribution < -0.4 is 0 Å². The summed E-state index contributed by atoms with van der Waals surface area (Å²) in [6.07, 6.45) is 3.43. The lowest BCUT2D eigenvalue weighted by Gasteiger charge is -2.04. The molecule has 0 radical (unpaired) electrons. The van der Waals surface area contributed by atoms with Crippen molar-refractivity contribution < 1.29 is 0 Å². The molecule has 4 heteroatoms. The highest BCUT2D eigenvalue weighted by Crippen LogP contribution is 2.61. The van der Waals surface area contributed by atoms with E-state index in [4.69, 9.17) is 0 Å². The van der Waals surface area contributed by atoms with Crippen molar-refractivity contribution >= 4 is 31.9 Å². The summed E-state index contributed by atoms with van der Waals surface area (Å²) in [6.45, 7) is 12.1. The third kappa shape index (κ3) is 2.85. The van der Waals surface area contributed by atoms with Crippen LogP contribution >= 0.6 is 31.9 Å². The van der Waals surface area contributed by atoms with Crippen LogP contribution in [-0.2, 0) is 13.0 Å². The van der Waals surface area contributed by atoms with Gasteiger partial charge < -0.3 is 0 Å². The molecule has 0 N–H and O–H groups in total. The molecule has 1 aromatic rings. The van der Waals surface area contributed by atoms with Crippen LogP contribution in [0.5, 0.6) is 0 Å². The van der Waals surface area contributed by atoms with Gasteiger partial charge in [0.05, 0.1) is 9.09 Å². The molecule has 1 aliphatic carbocycles. The zero-order chi connectivity index (χ0) is 14.4. The van der Waals surface area contributed by atoms with Crippen LogP contribution in [0, 0.1) is 31.1 Å². The highest BCUT2D eigenvalue weighted by Gasteiger charge is 2.56. The fourth-order valence-corrected chi connectivity index (χ4v) is 3.77. The fourth-order valence-electron chi connectivity index (χ4n) is 3.20. The first kappa shape index (κ1) is 15.3. The summed E-state index contributed by atoms with van der Waals surface area (Å²) in [5, 5.41) is 4.63. The van der Waals surface area contributed by atoms with E-state index in [1.54, 1.807) is 0 Å². The molecule has 2 nitrogen and oxygen atoms in total. The molecular weight excluding hydrogens is 368 g/mol. The van der Waals surface area contributed by atoms with E-state index in [1.165, 1.54) is 17.0 Å². The molecule has 0 aliphatic heterocycles. The zero-order valence-corrected chi connectivity index (χ0v) is 15.5. The van der Waals surface area contributed by atoms with E-state index in [9.17, 15) is 0 Å². The molecule has 0 aromatic carbocycles. The van der Waals surface area contributed by atoms with Crippen LogP contribution in [0.15, 0.2) is 9.47 Å².